The molecule has 0 fully saturated rings. The number of halogens is 3. The molecule has 2 aromatic carbocycles. The number of hydrogen-bond donors (Lipinski definition) is 1. The van der Waals surface area contributed by atoms with Crippen LogP contribution in [0.1, 0.15) is 37.7 Å². The first-order chi connectivity index (χ1) is 17.6. The van der Waals surface area contributed by atoms with Crippen LogP contribution in [0, 0.1) is 0 Å². The van der Waals surface area contributed by atoms with Crippen LogP contribution in [-0.4, -0.2) is 28.7 Å². The van der Waals surface area contributed by atoms with Gasteiger partial charge in [-0.1, -0.05) is 64.3 Å². The summed E-state index contributed by atoms with van der Waals surface area (Å²) < 4.78 is 11.7. The smallest absolute Gasteiger partial charge is 0.303 e. The van der Waals surface area contributed by atoms with Crippen LogP contribution < -0.4 is 5.32 Å². The number of benzene rings is 2. The first-order valence-electron chi connectivity index (χ1n) is 11.3. The third kappa shape index (κ3) is 5.71. The molecule has 1 amide bonds. The van der Waals surface area contributed by atoms with Gasteiger partial charge in [-0.25, -0.2) is 4.98 Å². The van der Waals surface area contributed by atoms with Crippen molar-refractivity contribution in [3.8, 4) is 22.4 Å². The lowest BCUT2D eigenvalue weighted by molar-refractivity contribution is -0.150. The van der Waals surface area contributed by atoms with E-state index in [4.69, 9.17) is 37.3 Å². The van der Waals surface area contributed by atoms with Crippen molar-refractivity contribution in [1.29, 1.82) is 0 Å². The van der Waals surface area contributed by atoms with E-state index in [2.05, 4.69) is 21.2 Å². The topological polar surface area (TPSA) is 98.5 Å². The number of carbonyl (C=O) groups is 3. The number of nitrogens with zero attached hydrogens (tertiary/aromatic N) is 1. The van der Waals surface area contributed by atoms with E-state index < -0.39 is 18.0 Å². The fourth-order valence-electron chi connectivity index (χ4n) is 3.77. The molecule has 1 unspecified atom stereocenters. The first kappa shape index (κ1) is 26.9. The Morgan fingerprint density at radius 1 is 1.08 bits per heavy atom. The molecule has 7 nitrogen and oxygen atoms in total. The molecule has 0 aliphatic heterocycles. The lowest BCUT2D eigenvalue weighted by Gasteiger charge is -2.13. The minimum absolute atomic E-state index is 0.0468. The molecule has 190 valence electrons. The van der Waals surface area contributed by atoms with E-state index in [-0.39, 0.29) is 29.4 Å². The van der Waals surface area contributed by atoms with E-state index in [1.165, 1.54) is 13.8 Å². The monoisotopic (exact) mass is 602 g/mol. The maximum absolute atomic E-state index is 12.8. The van der Waals surface area contributed by atoms with Gasteiger partial charge >= 0.3 is 5.97 Å². The van der Waals surface area contributed by atoms with Crippen LogP contribution in [0.5, 0.6) is 0 Å². The summed E-state index contributed by atoms with van der Waals surface area (Å²) in [5.41, 5.74) is 2.91. The van der Waals surface area contributed by atoms with E-state index in [1.54, 1.807) is 31.2 Å². The van der Waals surface area contributed by atoms with Crippen molar-refractivity contribution >= 4 is 73.6 Å². The molecule has 1 N–H and O–H groups in total. The van der Waals surface area contributed by atoms with E-state index in [1.807, 2.05) is 24.3 Å². The minimum Gasteiger partial charge on any atom is -0.453 e. The van der Waals surface area contributed by atoms with E-state index >= 15 is 0 Å². The molecular formula is C27H21BrCl2N2O5. The number of ketones is 1. The van der Waals surface area contributed by atoms with Crippen molar-refractivity contribution in [1.82, 2.24) is 4.98 Å². The SMILES string of the molecule is CCC(=O)c1oc2nc(-c3ccc(Br)cc3Cl)c(-c3ccc(Cl)cc3)cc2c1NC(=O)C(C)OC(C)=O. The zero-order valence-corrected chi connectivity index (χ0v) is 23.1. The number of carbonyl (C=O) groups excluding carboxylic acids is 3. The number of rotatable bonds is 7. The highest BCUT2D eigenvalue weighted by Crippen LogP contribution is 2.41. The number of furan rings is 1. The molecule has 0 bridgehead atoms. The van der Waals surface area contributed by atoms with Gasteiger partial charge in [0.2, 0.25) is 5.71 Å². The molecule has 10 heteroatoms. The highest BCUT2D eigenvalue weighted by atomic mass is 79.9. The van der Waals surface area contributed by atoms with Gasteiger partial charge in [-0.2, -0.15) is 0 Å². The molecule has 0 saturated carbocycles. The Labute approximate surface area is 231 Å². The Balaban J connectivity index is 1.98. The van der Waals surface area contributed by atoms with Crippen molar-refractivity contribution in [3.05, 3.63) is 68.8 Å². The number of esters is 1. The lowest BCUT2D eigenvalue weighted by Crippen LogP contribution is -2.29. The number of anilines is 1. The predicted octanol–water partition coefficient (Wildman–Crippen LogP) is 7.71. The molecule has 0 radical (unpaired) electrons. The largest absolute Gasteiger partial charge is 0.453 e. The average Bonchev–Trinajstić information content (AvgIpc) is 3.20. The molecule has 4 rings (SSSR count). The Hall–Kier alpha value is -3.20. The van der Waals surface area contributed by atoms with Gasteiger partial charge in [0, 0.05) is 34.0 Å². The number of amides is 1. The van der Waals surface area contributed by atoms with Gasteiger partial charge in [0.15, 0.2) is 17.6 Å². The molecule has 2 heterocycles. The fourth-order valence-corrected chi connectivity index (χ4v) is 4.66. The summed E-state index contributed by atoms with van der Waals surface area (Å²) in [7, 11) is 0. The summed E-state index contributed by atoms with van der Waals surface area (Å²) in [4.78, 5) is 41.7. The Morgan fingerprint density at radius 2 is 1.78 bits per heavy atom. The fraction of sp³-hybridized carbons (Fsp3) is 0.185. The normalized spacial score (nSPS) is 11.8. The van der Waals surface area contributed by atoms with Crippen LogP contribution in [0.2, 0.25) is 10.0 Å². The van der Waals surface area contributed by atoms with Crippen molar-refractivity contribution in [3.63, 3.8) is 0 Å². The number of ether oxygens (including phenoxy) is 1. The Kier molecular flexibility index (Phi) is 8.02. The number of aromatic nitrogens is 1. The lowest BCUT2D eigenvalue weighted by atomic mass is 9.98. The zero-order chi connectivity index (χ0) is 26.9. The van der Waals surface area contributed by atoms with E-state index in [9.17, 15) is 14.4 Å². The number of Topliss-reactive ketones (excluding diaryl/α,β-unsaturated/α-hetero) is 1. The average molecular weight is 604 g/mol. The molecule has 0 aliphatic carbocycles. The Bertz CT molecular complexity index is 1530. The van der Waals surface area contributed by atoms with Crippen molar-refractivity contribution < 1.29 is 23.5 Å². The van der Waals surface area contributed by atoms with Crippen LogP contribution in [0.4, 0.5) is 5.69 Å². The third-order valence-electron chi connectivity index (χ3n) is 5.56. The Morgan fingerprint density at radius 3 is 2.41 bits per heavy atom. The van der Waals surface area contributed by atoms with E-state index in [0.717, 1.165) is 10.0 Å². The highest BCUT2D eigenvalue weighted by Gasteiger charge is 2.27. The standard InChI is InChI=1S/C27H21BrCl2N2O5/c1-4-22(34)25-24(31-26(35)13(2)36-14(3)33)20-12-19(15-5-8-17(29)9-6-15)23(32-27(20)37-25)18-10-7-16(28)11-21(18)30/h5-13H,4H2,1-3H3,(H,31,35). The van der Waals surface area contributed by atoms with Crippen molar-refractivity contribution in [2.24, 2.45) is 0 Å². The second-order valence-electron chi connectivity index (χ2n) is 8.19. The van der Waals surface area contributed by atoms with Crippen LogP contribution in [0.25, 0.3) is 33.5 Å². The zero-order valence-electron chi connectivity index (χ0n) is 20.0. The second-order valence-corrected chi connectivity index (χ2v) is 9.95. The number of pyridine rings is 1. The minimum atomic E-state index is -1.09. The van der Waals surface area contributed by atoms with Crippen LogP contribution in [0.15, 0.2) is 57.4 Å². The quantitative estimate of drug-likeness (QED) is 0.171. The molecule has 1 atom stereocenters. The van der Waals surface area contributed by atoms with Gasteiger partial charge < -0.3 is 14.5 Å². The van der Waals surface area contributed by atoms with Gasteiger partial charge in [0.05, 0.1) is 16.1 Å². The van der Waals surface area contributed by atoms with Gasteiger partial charge in [0.1, 0.15) is 5.69 Å². The second kappa shape index (κ2) is 11.0. The summed E-state index contributed by atoms with van der Waals surface area (Å²) in [6.45, 7) is 4.33. The van der Waals surface area contributed by atoms with Crippen molar-refractivity contribution in [2.75, 3.05) is 5.32 Å². The van der Waals surface area contributed by atoms with E-state index in [0.29, 0.717) is 32.3 Å². The summed E-state index contributed by atoms with van der Waals surface area (Å²) in [5, 5.41) is 4.12. The van der Waals surface area contributed by atoms with Gasteiger partial charge in [-0.15, -0.1) is 0 Å². The third-order valence-corrected chi connectivity index (χ3v) is 6.62. The van der Waals surface area contributed by atoms with Crippen LogP contribution in [0.3, 0.4) is 0 Å². The van der Waals surface area contributed by atoms with Crippen molar-refractivity contribution in [2.45, 2.75) is 33.3 Å². The van der Waals surface area contributed by atoms with Gasteiger partial charge in [0.25, 0.3) is 5.91 Å². The van der Waals surface area contributed by atoms with Crippen LogP contribution in [-0.2, 0) is 14.3 Å². The predicted molar refractivity (Wildman–Crippen MR) is 147 cm³/mol. The molecule has 0 aliphatic rings. The maximum atomic E-state index is 12.8. The summed E-state index contributed by atoms with van der Waals surface area (Å²) in [5.74, 6) is -1.59. The molecule has 0 saturated heterocycles. The molecule has 37 heavy (non-hydrogen) atoms. The maximum Gasteiger partial charge on any atom is 0.303 e. The summed E-state index contributed by atoms with van der Waals surface area (Å²) >= 11 is 16.1. The number of fused-ring (bicyclic) bond motifs is 1. The van der Waals surface area contributed by atoms with Gasteiger partial charge in [-0.3, -0.25) is 14.4 Å². The molecule has 2 aromatic heterocycles. The van der Waals surface area contributed by atoms with Crippen LogP contribution >= 0.6 is 39.1 Å². The molecular weight excluding hydrogens is 583 g/mol. The first-order valence-corrected chi connectivity index (χ1v) is 12.8. The molecule has 0 spiro atoms. The number of nitrogens with one attached hydrogen (secondary N) is 1. The van der Waals surface area contributed by atoms with Gasteiger partial charge in [-0.05, 0) is 42.8 Å². The highest BCUT2D eigenvalue weighted by molar-refractivity contribution is 9.10. The summed E-state index contributed by atoms with van der Waals surface area (Å²) in [6, 6.07) is 14.4. The molecule has 4 aromatic rings. The number of hydrogen-bond acceptors (Lipinski definition) is 6. The summed E-state index contributed by atoms with van der Waals surface area (Å²) in [6.07, 6.45) is -0.950.